The van der Waals surface area contributed by atoms with Crippen LogP contribution in [0.1, 0.15) is 5.56 Å². The number of fused-ring (bicyclic) bond motifs is 1. The van der Waals surface area contributed by atoms with E-state index in [2.05, 4.69) is 26.3 Å². The van der Waals surface area contributed by atoms with E-state index in [-0.39, 0.29) is 0 Å². The van der Waals surface area contributed by atoms with Crippen LogP contribution in [0.5, 0.6) is 0 Å². The lowest BCUT2D eigenvalue weighted by atomic mass is 10.2. The van der Waals surface area contributed by atoms with Gasteiger partial charge in [0, 0.05) is 29.5 Å². The Morgan fingerprint density at radius 2 is 1.88 bits per heavy atom. The normalized spacial score (nSPS) is 10.5. The minimum atomic E-state index is 0.633. The highest BCUT2D eigenvalue weighted by Gasteiger charge is 2.06. The Kier molecular flexibility index (Phi) is 3.41. The maximum absolute atomic E-state index is 8.84. The van der Waals surface area contributed by atoms with Gasteiger partial charge in [0.15, 0.2) is 0 Å². The molecule has 0 radical (unpaired) electrons. The van der Waals surface area contributed by atoms with E-state index >= 15 is 0 Å². The summed E-state index contributed by atoms with van der Waals surface area (Å²) >= 11 is 0. The molecule has 5 nitrogen and oxygen atoms in total. The number of nitriles is 1. The van der Waals surface area contributed by atoms with Crippen molar-refractivity contribution in [2.24, 2.45) is 0 Å². The van der Waals surface area contributed by atoms with Crippen LogP contribution in [0.2, 0.25) is 0 Å². The Morgan fingerprint density at radius 1 is 1.00 bits per heavy atom. The third-order valence-electron chi connectivity index (χ3n) is 3.73. The van der Waals surface area contributed by atoms with Gasteiger partial charge in [-0.15, -0.1) is 0 Å². The molecule has 0 unspecified atom stereocenters. The Hall–Kier alpha value is -3.65. The number of nitrogens with one attached hydrogen (secondary N) is 2. The molecule has 5 heteroatoms. The van der Waals surface area contributed by atoms with Crippen molar-refractivity contribution in [2.45, 2.75) is 0 Å². The Morgan fingerprint density at radius 3 is 2.62 bits per heavy atom. The largest absolute Gasteiger partial charge is 0.353 e. The molecule has 2 N–H and O–H groups in total. The second-order valence-corrected chi connectivity index (χ2v) is 5.37. The molecule has 114 valence electrons. The molecule has 4 rings (SSSR count). The highest BCUT2D eigenvalue weighted by molar-refractivity contribution is 5.86. The molecule has 3 aromatic heterocycles. The fourth-order valence-electron chi connectivity index (χ4n) is 2.53. The molecule has 0 fully saturated rings. The first-order valence-corrected chi connectivity index (χ1v) is 7.49. The molecule has 4 aromatic rings. The lowest BCUT2D eigenvalue weighted by Gasteiger charge is -2.05. The van der Waals surface area contributed by atoms with Crippen molar-refractivity contribution in [3.05, 3.63) is 72.6 Å². The molecule has 0 saturated heterocycles. The van der Waals surface area contributed by atoms with Crippen LogP contribution in [-0.4, -0.2) is 15.0 Å². The Bertz CT molecular complexity index is 1030. The number of aromatic nitrogens is 3. The van der Waals surface area contributed by atoms with E-state index in [1.807, 2.05) is 48.7 Å². The molecular formula is C19H13N5. The van der Waals surface area contributed by atoms with Gasteiger partial charge in [-0.3, -0.25) is 4.98 Å². The maximum Gasteiger partial charge on any atom is 0.132 e. The van der Waals surface area contributed by atoms with E-state index in [0.29, 0.717) is 5.56 Å². The summed E-state index contributed by atoms with van der Waals surface area (Å²) in [5.74, 6) is 0.738. The molecule has 0 saturated carbocycles. The number of rotatable bonds is 3. The smallest absolute Gasteiger partial charge is 0.132 e. The molecule has 24 heavy (non-hydrogen) atoms. The molecule has 0 atom stereocenters. The van der Waals surface area contributed by atoms with Gasteiger partial charge in [-0.1, -0.05) is 6.07 Å². The first kappa shape index (κ1) is 14.0. The number of H-pyrrole nitrogens is 1. The summed E-state index contributed by atoms with van der Waals surface area (Å²) < 4.78 is 0. The molecule has 0 aliphatic heterocycles. The van der Waals surface area contributed by atoms with Gasteiger partial charge in [-0.2, -0.15) is 5.26 Å². The minimum Gasteiger partial charge on any atom is -0.353 e. The van der Waals surface area contributed by atoms with Crippen molar-refractivity contribution in [1.29, 1.82) is 5.26 Å². The maximum atomic E-state index is 8.84. The summed E-state index contributed by atoms with van der Waals surface area (Å²) in [7, 11) is 0. The number of anilines is 2. The van der Waals surface area contributed by atoms with Crippen molar-refractivity contribution < 1.29 is 0 Å². The van der Waals surface area contributed by atoms with Crippen molar-refractivity contribution in [2.75, 3.05) is 5.32 Å². The third-order valence-corrected chi connectivity index (χ3v) is 3.73. The summed E-state index contributed by atoms with van der Waals surface area (Å²) in [5.41, 5.74) is 4.37. The Balaban J connectivity index is 1.64. The van der Waals surface area contributed by atoms with Gasteiger partial charge >= 0.3 is 0 Å². The zero-order chi connectivity index (χ0) is 16.4. The lowest BCUT2D eigenvalue weighted by Crippen LogP contribution is -1.93. The SMILES string of the molecule is N#Cc1ccc(Nc2cc3[nH]c(-c4ccccn4)cc3cn2)cc1. The van der Waals surface area contributed by atoms with Crippen LogP contribution < -0.4 is 5.32 Å². The number of aromatic amines is 1. The summed E-state index contributed by atoms with van der Waals surface area (Å²) in [5, 5.41) is 13.1. The van der Waals surface area contributed by atoms with Gasteiger partial charge in [0.1, 0.15) is 5.82 Å². The second-order valence-electron chi connectivity index (χ2n) is 5.37. The summed E-state index contributed by atoms with van der Waals surface area (Å²) in [4.78, 5) is 12.2. The van der Waals surface area contributed by atoms with E-state index in [1.165, 1.54) is 0 Å². The number of hydrogen-bond donors (Lipinski definition) is 2. The van der Waals surface area contributed by atoms with Gasteiger partial charge in [0.2, 0.25) is 0 Å². The van der Waals surface area contributed by atoms with E-state index in [4.69, 9.17) is 5.26 Å². The van der Waals surface area contributed by atoms with Crippen molar-refractivity contribution in [3.8, 4) is 17.5 Å². The van der Waals surface area contributed by atoms with Crippen LogP contribution in [0.3, 0.4) is 0 Å². The topological polar surface area (TPSA) is 77.4 Å². The van der Waals surface area contributed by atoms with Gasteiger partial charge in [-0.25, -0.2) is 4.98 Å². The minimum absolute atomic E-state index is 0.633. The predicted molar refractivity (Wildman–Crippen MR) is 93.8 cm³/mol. The standard InChI is InChI=1S/C19H13N5/c20-11-13-4-6-15(7-5-13)23-19-10-17-14(12-22-19)9-18(24-17)16-3-1-2-8-21-16/h1-10,12,24H,(H,22,23). The summed E-state index contributed by atoms with van der Waals surface area (Å²) in [6, 6.07) is 19.2. The Labute approximate surface area is 138 Å². The molecule has 0 amide bonds. The van der Waals surface area contributed by atoms with Crippen LogP contribution in [0.25, 0.3) is 22.3 Å². The molecule has 0 aliphatic rings. The van der Waals surface area contributed by atoms with Gasteiger partial charge in [0.05, 0.1) is 28.5 Å². The zero-order valence-electron chi connectivity index (χ0n) is 12.7. The number of benzene rings is 1. The number of pyridine rings is 2. The van der Waals surface area contributed by atoms with Gasteiger partial charge in [0.25, 0.3) is 0 Å². The molecule has 3 heterocycles. The quantitative estimate of drug-likeness (QED) is 0.593. The first-order chi connectivity index (χ1) is 11.8. The molecule has 1 aromatic carbocycles. The van der Waals surface area contributed by atoms with Gasteiger partial charge < -0.3 is 10.3 Å². The van der Waals surface area contributed by atoms with Crippen molar-refractivity contribution >= 4 is 22.4 Å². The number of hydrogen-bond acceptors (Lipinski definition) is 4. The summed E-state index contributed by atoms with van der Waals surface area (Å²) in [6.07, 6.45) is 3.60. The monoisotopic (exact) mass is 311 g/mol. The fourth-order valence-corrected chi connectivity index (χ4v) is 2.53. The summed E-state index contributed by atoms with van der Waals surface area (Å²) in [6.45, 7) is 0. The fraction of sp³-hybridized carbons (Fsp3) is 0. The lowest BCUT2D eigenvalue weighted by molar-refractivity contribution is 1.29. The average Bonchev–Trinajstić information content (AvgIpc) is 3.06. The third kappa shape index (κ3) is 2.69. The molecule has 0 bridgehead atoms. The number of nitrogens with zero attached hydrogens (tertiary/aromatic N) is 3. The van der Waals surface area contributed by atoms with Gasteiger partial charge in [-0.05, 0) is 42.5 Å². The van der Waals surface area contributed by atoms with Crippen molar-refractivity contribution in [3.63, 3.8) is 0 Å². The zero-order valence-corrected chi connectivity index (χ0v) is 12.7. The first-order valence-electron chi connectivity index (χ1n) is 7.49. The molecule has 0 spiro atoms. The molecular weight excluding hydrogens is 298 g/mol. The molecule has 0 aliphatic carbocycles. The highest BCUT2D eigenvalue weighted by atomic mass is 15.0. The van der Waals surface area contributed by atoms with E-state index in [9.17, 15) is 0 Å². The predicted octanol–water partition coefficient (Wildman–Crippen LogP) is 4.24. The van der Waals surface area contributed by atoms with Crippen LogP contribution in [0.15, 0.2) is 67.0 Å². The van der Waals surface area contributed by atoms with E-state index in [0.717, 1.165) is 33.8 Å². The second kappa shape index (κ2) is 5.86. The van der Waals surface area contributed by atoms with Crippen LogP contribution >= 0.6 is 0 Å². The van der Waals surface area contributed by atoms with E-state index < -0.39 is 0 Å². The average molecular weight is 311 g/mol. The highest BCUT2D eigenvalue weighted by Crippen LogP contribution is 2.24. The van der Waals surface area contributed by atoms with E-state index in [1.54, 1.807) is 18.3 Å². The van der Waals surface area contributed by atoms with Crippen LogP contribution in [0.4, 0.5) is 11.5 Å². The van der Waals surface area contributed by atoms with Crippen LogP contribution in [-0.2, 0) is 0 Å². The van der Waals surface area contributed by atoms with Crippen molar-refractivity contribution in [1.82, 2.24) is 15.0 Å². The van der Waals surface area contributed by atoms with Crippen LogP contribution in [0, 0.1) is 11.3 Å².